The van der Waals surface area contributed by atoms with Crippen LogP contribution in [0.25, 0.3) is 0 Å². The second-order valence-corrected chi connectivity index (χ2v) is 6.93. The number of unbranched alkanes of at least 4 members (excludes halogenated alkanes) is 1. The molecule has 0 aromatic heterocycles. The summed E-state index contributed by atoms with van der Waals surface area (Å²) in [6.07, 6.45) is 1.29. The molecule has 7 nitrogen and oxygen atoms in total. The predicted molar refractivity (Wildman–Crippen MR) is 97.9 cm³/mol. The van der Waals surface area contributed by atoms with Gasteiger partial charge in [-0.05, 0) is 44.9 Å². The van der Waals surface area contributed by atoms with Crippen LogP contribution >= 0.6 is 0 Å². The lowest BCUT2D eigenvalue weighted by atomic mass is 10.1. The molecule has 0 saturated carbocycles. The predicted octanol–water partition coefficient (Wildman–Crippen LogP) is 3.39. The molecular formula is C19H29NO6. The van der Waals surface area contributed by atoms with Gasteiger partial charge < -0.3 is 24.6 Å². The van der Waals surface area contributed by atoms with E-state index < -0.39 is 23.7 Å². The van der Waals surface area contributed by atoms with Crippen molar-refractivity contribution in [1.82, 2.24) is 5.32 Å². The van der Waals surface area contributed by atoms with Crippen LogP contribution in [0.15, 0.2) is 18.2 Å². The van der Waals surface area contributed by atoms with E-state index in [1.165, 1.54) is 7.11 Å². The second kappa shape index (κ2) is 9.89. The molecule has 2 N–H and O–H groups in total. The van der Waals surface area contributed by atoms with E-state index in [0.29, 0.717) is 23.7 Å². The van der Waals surface area contributed by atoms with Crippen molar-refractivity contribution in [2.45, 2.75) is 58.6 Å². The zero-order valence-corrected chi connectivity index (χ0v) is 16.1. The third-order valence-electron chi connectivity index (χ3n) is 3.41. The molecule has 0 saturated heterocycles. The first-order chi connectivity index (χ1) is 12.2. The Hall–Kier alpha value is -2.44. The quantitative estimate of drug-likeness (QED) is 0.650. The summed E-state index contributed by atoms with van der Waals surface area (Å²) in [4.78, 5) is 23.3. The monoisotopic (exact) mass is 367 g/mol. The number of hydrogen-bond acceptors (Lipinski definition) is 5. The Morgan fingerprint density at radius 1 is 1.23 bits per heavy atom. The topological polar surface area (TPSA) is 94.1 Å². The van der Waals surface area contributed by atoms with Crippen molar-refractivity contribution in [3.8, 4) is 11.5 Å². The average Bonchev–Trinajstić information content (AvgIpc) is 2.53. The third-order valence-corrected chi connectivity index (χ3v) is 3.41. The minimum atomic E-state index is -1.14. The number of hydrogen-bond donors (Lipinski definition) is 2. The maximum Gasteiger partial charge on any atom is 0.408 e. The van der Waals surface area contributed by atoms with Gasteiger partial charge in [-0.3, -0.25) is 0 Å². The molecule has 1 amide bonds. The van der Waals surface area contributed by atoms with E-state index in [0.717, 1.165) is 12.8 Å². The summed E-state index contributed by atoms with van der Waals surface area (Å²) < 4.78 is 16.1. The van der Waals surface area contributed by atoms with Gasteiger partial charge in [0, 0.05) is 6.42 Å². The van der Waals surface area contributed by atoms with Gasteiger partial charge in [0.2, 0.25) is 0 Å². The highest BCUT2D eigenvalue weighted by Gasteiger charge is 2.24. The number of aliphatic carboxylic acids is 1. The number of carbonyl (C=O) groups is 2. The summed E-state index contributed by atoms with van der Waals surface area (Å²) in [5.74, 6) is -0.00483. The van der Waals surface area contributed by atoms with Crippen molar-refractivity contribution < 1.29 is 28.9 Å². The number of nitrogens with one attached hydrogen (secondary N) is 1. The molecule has 1 aromatic rings. The highest BCUT2D eigenvalue weighted by atomic mass is 16.6. The minimum Gasteiger partial charge on any atom is -0.493 e. The van der Waals surface area contributed by atoms with E-state index in [2.05, 4.69) is 12.2 Å². The number of carbonyl (C=O) groups excluding carboxylic acids is 1. The minimum absolute atomic E-state index is 0.0974. The lowest BCUT2D eigenvalue weighted by molar-refractivity contribution is -0.139. The van der Waals surface area contributed by atoms with E-state index in [1.807, 2.05) is 0 Å². The van der Waals surface area contributed by atoms with E-state index >= 15 is 0 Å². The molecule has 0 radical (unpaired) electrons. The number of benzene rings is 1. The summed E-state index contributed by atoms with van der Waals surface area (Å²) in [6.45, 7) is 7.80. The lowest BCUT2D eigenvalue weighted by Gasteiger charge is -2.22. The molecule has 0 heterocycles. The normalized spacial score (nSPS) is 12.2. The van der Waals surface area contributed by atoms with Gasteiger partial charge in [-0.2, -0.15) is 0 Å². The van der Waals surface area contributed by atoms with Gasteiger partial charge in [0.15, 0.2) is 11.5 Å². The fourth-order valence-corrected chi connectivity index (χ4v) is 2.17. The maximum atomic E-state index is 11.8. The zero-order valence-electron chi connectivity index (χ0n) is 16.1. The van der Waals surface area contributed by atoms with E-state index in [4.69, 9.17) is 14.2 Å². The van der Waals surface area contributed by atoms with E-state index in [-0.39, 0.29) is 6.42 Å². The zero-order chi connectivity index (χ0) is 19.7. The molecule has 0 spiro atoms. The fourth-order valence-electron chi connectivity index (χ4n) is 2.17. The molecule has 0 aliphatic heterocycles. The Morgan fingerprint density at radius 3 is 2.46 bits per heavy atom. The van der Waals surface area contributed by atoms with Crippen LogP contribution in [0.2, 0.25) is 0 Å². The number of methoxy groups -OCH3 is 1. The number of ether oxygens (including phenoxy) is 3. The van der Waals surface area contributed by atoms with E-state index in [9.17, 15) is 14.7 Å². The third kappa shape index (κ3) is 7.63. The summed E-state index contributed by atoms with van der Waals surface area (Å²) in [6, 6.07) is 4.11. The Kier molecular flexibility index (Phi) is 8.22. The molecule has 0 aliphatic carbocycles. The average molecular weight is 367 g/mol. The summed E-state index contributed by atoms with van der Waals surface area (Å²) in [5, 5.41) is 11.8. The first-order valence-corrected chi connectivity index (χ1v) is 8.68. The first kappa shape index (κ1) is 21.6. The van der Waals surface area contributed by atoms with Crippen LogP contribution in [0.4, 0.5) is 4.79 Å². The van der Waals surface area contributed by atoms with Crippen molar-refractivity contribution in [3.63, 3.8) is 0 Å². The standard InChI is InChI=1S/C19H29NO6/c1-6-7-10-25-15-9-8-13(12-16(15)24-5)11-14(17(21)22)20-18(23)26-19(2,3)4/h8-9,12,14H,6-7,10-11H2,1-5H3,(H,20,23)(H,21,22). The number of carboxylic acids is 1. The fraction of sp³-hybridized carbons (Fsp3) is 0.579. The number of carboxylic acid groups (broad SMARTS) is 1. The maximum absolute atomic E-state index is 11.8. The van der Waals surface area contributed by atoms with Crippen LogP contribution in [-0.4, -0.2) is 42.5 Å². The SMILES string of the molecule is CCCCOc1ccc(CC(NC(=O)OC(C)(C)C)C(=O)O)cc1OC. The van der Waals surface area contributed by atoms with Crippen LogP contribution in [0.3, 0.4) is 0 Å². The van der Waals surface area contributed by atoms with Crippen molar-refractivity contribution in [1.29, 1.82) is 0 Å². The summed E-state index contributed by atoms with van der Waals surface area (Å²) in [5.41, 5.74) is 0.00143. The first-order valence-electron chi connectivity index (χ1n) is 8.68. The smallest absolute Gasteiger partial charge is 0.408 e. The van der Waals surface area contributed by atoms with Gasteiger partial charge in [-0.1, -0.05) is 19.4 Å². The number of rotatable bonds is 9. The van der Waals surface area contributed by atoms with Crippen LogP contribution < -0.4 is 14.8 Å². The van der Waals surface area contributed by atoms with Gasteiger partial charge in [-0.15, -0.1) is 0 Å². The molecule has 1 aromatic carbocycles. The molecular weight excluding hydrogens is 338 g/mol. The molecule has 26 heavy (non-hydrogen) atoms. The van der Waals surface area contributed by atoms with Crippen molar-refractivity contribution >= 4 is 12.1 Å². The Morgan fingerprint density at radius 2 is 1.92 bits per heavy atom. The molecule has 0 fully saturated rings. The van der Waals surface area contributed by atoms with Crippen LogP contribution in [0.1, 0.15) is 46.1 Å². The highest BCUT2D eigenvalue weighted by Crippen LogP contribution is 2.28. The Labute approximate surface area is 154 Å². The van der Waals surface area contributed by atoms with Gasteiger partial charge in [-0.25, -0.2) is 9.59 Å². The molecule has 146 valence electrons. The largest absolute Gasteiger partial charge is 0.493 e. The Balaban J connectivity index is 2.82. The number of amides is 1. The second-order valence-electron chi connectivity index (χ2n) is 6.93. The Bertz CT molecular complexity index is 609. The summed E-state index contributed by atoms with van der Waals surface area (Å²) in [7, 11) is 1.53. The van der Waals surface area contributed by atoms with Gasteiger partial charge in [0.1, 0.15) is 11.6 Å². The molecule has 0 bridgehead atoms. The molecule has 7 heteroatoms. The van der Waals surface area contributed by atoms with Gasteiger partial charge in [0.25, 0.3) is 0 Å². The molecule has 0 aliphatic rings. The van der Waals surface area contributed by atoms with Gasteiger partial charge >= 0.3 is 12.1 Å². The van der Waals surface area contributed by atoms with Crippen LogP contribution in [0.5, 0.6) is 11.5 Å². The molecule has 1 unspecified atom stereocenters. The van der Waals surface area contributed by atoms with E-state index in [1.54, 1.807) is 39.0 Å². The lowest BCUT2D eigenvalue weighted by Crippen LogP contribution is -2.44. The highest BCUT2D eigenvalue weighted by molar-refractivity contribution is 5.80. The summed E-state index contributed by atoms with van der Waals surface area (Å²) >= 11 is 0. The van der Waals surface area contributed by atoms with Crippen molar-refractivity contribution in [2.75, 3.05) is 13.7 Å². The number of alkyl carbamates (subject to hydrolysis) is 1. The molecule has 1 atom stereocenters. The van der Waals surface area contributed by atoms with Crippen molar-refractivity contribution in [3.05, 3.63) is 23.8 Å². The van der Waals surface area contributed by atoms with Gasteiger partial charge in [0.05, 0.1) is 13.7 Å². The van der Waals surface area contributed by atoms with Crippen LogP contribution in [0, 0.1) is 0 Å². The van der Waals surface area contributed by atoms with Crippen molar-refractivity contribution in [2.24, 2.45) is 0 Å². The van der Waals surface area contributed by atoms with Crippen LogP contribution in [-0.2, 0) is 16.0 Å². The molecule has 1 rings (SSSR count).